The SMILES string of the molecule is Cc1cccc(NC(=O)c2cccc(NC3=C(Cl)C(=O)N(c4cccc(Cl)c4)C3=O)c2)c1C. The molecule has 1 aliphatic rings. The van der Waals surface area contributed by atoms with Crippen LogP contribution in [0.2, 0.25) is 5.02 Å². The van der Waals surface area contributed by atoms with Gasteiger partial charge in [-0.25, -0.2) is 4.90 Å². The van der Waals surface area contributed by atoms with Gasteiger partial charge in [0.2, 0.25) is 0 Å². The normalized spacial score (nSPS) is 13.5. The molecule has 3 amide bonds. The van der Waals surface area contributed by atoms with Gasteiger partial charge in [-0.1, -0.05) is 47.5 Å². The number of aryl methyl sites for hydroxylation is 1. The summed E-state index contributed by atoms with van der Waals surface area (Å²) in [6.45, 7) is 3.91. The molecule has 1 aliphatic heterocycles. The molecule has 3 aromatic carbocycles. The highest BCUT2D eigenvalue weighted by atomic mass is 35.5. The molecule has 0 saturated heterocycles. The van der Waals surface area contributed by atoms with Gasteiger partial charge in [-0.2, -0.15) is 0 Å². The van der Waals surface area contributed by atoms with Gasteiger partial charge in [0.1, 0.15) is 10.7 Å². The monoisotopic (exact) mass is 479 g/mol. The molecule has 0 atom stereocenters. The van der Waals surface area contributed by atoms with E-state index in [2.05, 4.69) is 10.6 Å². The Balaban J connectivity index is 1.55. The van der Waals surface area contributed by atoms with E-state index in [-0.39, 0.29) is 16.6 Å². The molecule has 2 N–H and O–H groups in total. The van der Waals surface area contributed by atoms with Crippen molar-refractivity contribution < 1.29 is 14.4 Å². The highest BCUT2D eigenvalue weighted by molar-refractivity contribution is 6.53. The number of halogens is 2. The first-order chi connectivity index (χ1) is 15.8. The highest BCUT2D eigenvalue weighted by Crippen LogP contribution is 2.31. The van der Waals surface area contributed by atoms with Crippen molar-refractivity contribution in [3.8, 4) is 0 Å². The van der Waals surface area contributed by atoms with Gasteiger partial charge in [-0.05, 0) is 67.4 Å². The topological polar surface area (TPSA) is 78.5 Å². The average Bonchev–Trinajstić information content (AvgIpc) is 3.00. The van der Waals surface area contributed by atoms with E-state index in [0.29, 0.717) is 22.0 Å². The molecule has 33 heavy (non-hydrogen) atoms. The Morgan fingerprint density at radius 3 is 2.36 bits per heavy atom. The number of carbonyl (C=O) groups is 3. The predicted molar refractivity (Wildman–Crippen MR) is 131 cm³/mol. The third kappa shape index (κ3) is 4.49. The number of rotatable bonds is 5. The van der Waals surface area contributed by atoms with Gasteiger partial charge in [-0.3, -0.25) is 14.4 Å². The lowest BCUT2D eigenvalue weighted by atomic mass is 10.1. The molecule has 0 bridgehead atoms. The summed E-state index contributed by atoms with van der Waals surface area (Å²) in [4.78, 5) is 39.3. The quantitative estimate of drug-likeness (QED) is 0.463. The number of imide groups is 1. The summed E-state index contributed by atoms with van der Waals surface area (Å²) in [5, 5.41) is 5.92. The summed E-state index contributed by atoms with van der Waals surface area (Å²) in [7, 11) is 0. The Morgan fingerprint density at radius 2 is 1.61 bits per heavy atom. The summed E-state index contributed by atoms with van der Waals surface area (Å²) in [6, 6.07) is 18.6. The molecule has 0 saturated carbocycles. The largest absolute Gasteiger partial charge is 0.350 e. The van der Waals surface area contributed by atoms with Crippen molar-refractivity contribution in [2.45, 2.75) is 13.8 Å². The van der Waals surface area contributed by atoms with Gasteiger partial charge in [0.15, 0.2) is 0 Å². The Kier molecular flexibility index (Phi) is 6.22. The number of amides is 3. The summed E-state index contributed by atoms with van der Waals surface area (Å²) in [5.41, 5.74) is 3.82. The zero-order valence-corrected chi connectivity index (χ0v) is 19.3. The second-order valence-corrected chi connectivity index (χ2v) is 8.34. The van der Waals surface area contributed by atoms with Crippen LogP contribution in [0, 0.1) is 13.8 Å². The van der Waals surface area contributed by atoms with Gasteiger partial charge in [-0.15, -0.1) is 0 Å². The van der Waals surface area contributed by atoms with Crippen molar-refractivity contribution in [3.05, 3.63) is 99.2 Å². The summed E-state index contributed by atoms with van der Waals surface area (Å²) < 4.78 is 0. The smallest absolute Gasteiger partial charge is 0.283 e. The third-order valence-corrected chi connectivity index (χ3v) is 5.93. The molecule has 0 radical (unpaired) electrons. The van der Waals surface area contributed by atoms with Crippen LogP contribution in [0.3, 0.4) is 0 Å². The molecule has 4 rings (SSSR count). The van der Waals surface area contributed by atoms with E-state index >= 15 is 0 Å². The van der Waals surface area contributed by atoms with Crippen molar-refractivity contribution >= 4 is 58.0 Å². The molecular weight excluding hydrogens is 461 g/mol. The molecule has 3 aromatic rings. The molecule has 0 aliphatic carbocycles. The first-order valence-corrected chi connectivity index (χ1v) is 10.8. The van der Waals surface area contributed by atoms with Crippen LogP contribution in [0.25, 0.3) is 0 Å². The van der Waals surface area contributed by atoms with Crippen LogP contribution in [-0.4, -0.2) is 17.7 Å². The molecule has 0 fully saturated rings. The van der Waals surface area contributed by atoms with Crippen LogP contribution >= 0.6 is 23.2 Å². The standard InChI is InChI=1S/C25H19Cl2N3O3/c1-14-6-3-11-20(15(14)2)29-23(31)16-7-4-9-18(12-16)28-22-21(27)24(32)30(25(22)33)19-10-5-8-17(26)13-19/h3-13,28H,1-2H3,(H,29,31). The Bertz CT molecular complexity index is 1330. The van der Waals surface area contributed by atoms with E-state index in [1.165, 1.54) is 6.07 Å². The lowest BCUT2D eigenvalue weighted by molar-refractivity contribution is -0.120. The van der Waals surface area contributed by atoms with Crippen LogP contribution in [-0.2, 0) is 9.59 Å². The van der Waals surface area contributed by atoms with Crippen molar-refractivity contribution in [2.75, 3.05) is 15.5 Å². The number of hydrogen-bond donors (Lipinski definition) is 2. The number of nitrogens with one attached hydrogen (secondary N) is 2. The van der Waals surface area contributed by atoms with Crippen LogP contribution in [0.15, 0.2) is 77.5 Å². The fraction of sp³-hybridized carbons (Fsp3) is 0.0800. The third-order valence-electron chi connectivity index (χ3n) is 5.34. The second kappa shape index (κ2) is 9.10. The maximum atomic E-state index is 12.9. The number of benzene rings is 3. The summed E-state index contributed by atoms with van der Waals surface area (Å²) in [5.74, 6) is -1.57. The maximum absolute atomic E-state index is 12.9. The maximum Gasteiger partial charge on any atom is 0.283 e. The number of anilines is 3. The van der Waals surface area contributed by atoms with Crippen LogP contribution in [0.5, 0.6) is 0 Å². The number of carbonyl (C=O) groups excluding carboxylic acids is 3. The van der Waals surface area contributed by atoms with Crippen molar-refractivity contribution in [1.82, 2.24) is 0 Å². The molecule has 8 heteroatoms. The van der Waals surface area contributed by atoms with E-state index in [1.54, 1.807) is 42.5 Å². The van der Waals surface area contributed by atoms with Gasteiger partial charge < -0.3 is 10.6 Å². The lowest BCUT2D eigenvalue weighted by Gasteiger charge is -2.15. The molecule has 0 aromatic heterocycles. The first-order valence-electron chi connectivity index (χ1n) is 10.0. The van der Waals surface area contributed by atoms with E-state index in [4.69, 9.17) is 23.2 Å². The predicted octanol–water partition coefficient (Wildman–Crippen LogP) is 5.64. The minimum atomic E-state index is -0.657. The van der Waals surface area contributed by atoms with Crippen molar-refractivity contribution in [1.29, 1.82) is 0 Å². The molecule has 166 valence electrons. The summed E-state index contributed by atoms with van der Waals surface area (Å²) >= 11 is 12.2. The van der Waals surface area contributed by atoms with E-state index in [1.807, 2.05) is 32.0 Å². The highest BCUT2D eigenvalue weighted by Gasteiger charge is 2.39. The van der Waals surface area contributed by atoms with Gasteiger partial charge in [0.25, 0.3) is 17.7 Å². The second-order valence-electron chi connectivity index (χ2n) is 7.52. The van der Waals surface area contributed by atoms with E-state index < -0.39 is 11.8 Å². The fourth-order valence-electron chi connectivity index (χ4n) is 3.42. The average molecular weight is 480 g/mol. The van der Waals surface area contributed by atoms with Crippen molar-refractivity contribution in [2.24, 2.45) is 0 Å². The van der Waals surface area contributed by atoms with Crippen LogP contribution < -0.4 is 15.5 Å². The zero-order chi connectivity index (χ0) is 23.7. The van der Waals surface area contributed by atoms with Gasteiger partial charge in [0, 0.05) is 22.0 Å². The lowest BCUT2D eigenvalue weighted by Crippen LogP contribution is -2.32. The molecule has 0 spiro atoms. The van der Waals surface area contributed by atoms with Crippen LogP contribution in [0.4, 0.5) is 17.1 Å². The fourth-order valence-corrected chi connectivity index (χ4v) is 3.82. The minimum Gasteiger partial charge on any atom is -0.350 e. The van der Waals surface area contributed by atoms with Crippen molar-refractivity contribution in [3.63, 3.8) is 0 Å². The molecular formula is C25H19Cl2N3O3. The van der Waals surface area contributed by atoms with E-state index in [0.717, 1.165) is 21.7 Å². The van der Waals surface area contributed by atoms with Gasteiger partial charge >= 0.3 is 0 Å². The molecule has 6 nitrogen and oxygen atoms in total. The molecule has 1 heterocycles. The Morgan fingerprint density at radius 1 is 0.879 bits per heavy atom. The van der Waals surface area contributed by atoms with Gasteiger partial charge in [0.05, 0.1) is 5.69 Å². The van der Waals surface area contributed by atoms with Crippen LogP contribution in [0.1, 0.15) is 21.5 Å². The zero-order valence-electron chi connectivity index (χ0n) is 17.8. The Labute approximate surface area is 200 Å². The first kappa shape index (κ1) is 22.6. The Hall–Kier alpha value is -3.61. The number of hydrogen-bond acceptors (Lipinski definition) is 4. The minimum absolute atomic E-state index is 0.0753. The summed E-state index contributed by atoms with van der Waals surface area (Å²) in [6.07, 6.45) is 0. The number of nitrogens with zero attached hydrogens (tertiary/aromatic N) is 1. The molecule has 0 unspecified atom stereocenters. The van der Waals surface area contributed by atoms with E-state index in [9.17, 15) is 14.4 Å².